The van der Waals surface area contributed by atoms with E-state index in [9.17, 15) is 15.3 Å². The molecule has 24 heavy (non-hydrogen) atoms. The summed E-state index contributed by atoms with van der Waals surface area (Å²) in [5.41, 5.74) is 0. The monoisotopic (exact) mass is 344 g/mol. The molecule has 0 radical (unpaired) electrons. The Morgan fingerprint density at radius 2 is 1.58 bits per heavy atom. The van der Waals surface area contributed by atoms with Crippen molar-refractivity contribution < 1.29 is 24.8 Å². The number of rotatable bonds is 13. The fraction of sp³-hybridized carbons (Fsp3) is 0.895. The summed E-state index contributed by atoms with van der Waals surface area (Å²) in [6.45, 7) is 3.16. The number of ether oxygens (including phenoxy) is 2. The van der Waals surface area contributed by atoms with Crippen LogP contribution in [0.15, 0.2) is 12.2 Å². The summed E-state index contributed by atoms with van der Waals surface area (Å²) in [7, 11) is 0. The first-order chi connectivity index (χ1) is 11.7. The van der Waals surface area contributed by atoms with E-state index in [-0.39, 0.29) is 13.2 Å². The van der Waals surface area contributed by atoms with Gasteiger partial charge >= 0.3 is 0 Å². The molecule has 1 saturated heterocycles. The Labute approximate surface area is 146 Å². The zero-order valence-electron chi connectivity index (χ0n) is 15.1. The molecule has 5 nitrogen and oxygen atoms in total. The Bertz CT molecular complexity index is 321. The molecule has 1 rings (SSSR count). The third kappa shape index (κ3) is 9.14. The molecule has 1 aliphatic rings. The zero-order valence-corrected chi connectivity index (χ0v) is 15.1. The van der Waals surface area contributed by atoms with Crippen LogP contribution in [0.1, 0.15) is 64.7 Å². The van der Waals surface area contributed by atoms with Crippen molar-refractivity contribution in [2.45, 2.75) is 89.1 Å². The highest BCUT2D eigenvalue weighted by Crippen LogP contribution is 2.16. The molecule has 142 valence electrons. The predicted octanol–water partition coefficient (Wildman–Crippen LogP) is 2.57. The highest BCUT2D eigenvalue weighted by Gasteiger charge is 2.37. The van der Waals surface area contributed by atoms with E-state index in [1.165, 1.54) is 38.5 Å². The molecule has 0 saturated carbocycles. The minimum atomic E-state index is -1.15. The SMILES string of the molecule is CCCCCC/C=C/CCCCCOC[C@H]1OC[C@H](O)[C@@H](O)[C@@H]1O. The lowest BCUT2D eigenvalue weighted by Crippen LogP contribution is -2.54. The first kappa shape index (κ1) is 21.6. The minimum absolute atomic E-state index is 0.0387. The fourth-order valence-corrected chi connectivity index (χ4v) is 2.78. The van der Waals surface area contributed by atoms with E-state index in [4.69, 9.17) is 9.47 Å². The Morgan fingerprint density at radius 1 is 0.917 bits per heavy atom. The smallest absolute Gasteiger partial charge is 0.111 e. The van der Waals surface area contributed by atoms with Crippen LogP contribution in [0.2, 0.25) is 0 Å². The molecular weight excluding hydrogens is 308 g/mol. The lowest BCUT2D eigenvalue weighted by atomic mass is 10.0. The molecule has 4 atom stereocenters. The molecule has 1 fully saturated rings. The second kappa shape index (κ2) is 13.8. The van der Waals surface area contributed by atoms with E-state index in [1.54, 1.807) is 0 Å². The molecule has 1 heterocycles. The number of aliphatic hydroxyl groups is 3. The zero-order chi connectivity index (χ0) is 17.6. The maximum atomic E-state index is 9.78. The van der Waals surface area contributed by atoms with Crippen molar-refractivity contribution in [1.29, 1.82) is 0 Å². The Morgan fingerprint density at radius 3 is 2.25 bits per heavy atom. The van der Waals surface area contributed by atoms with Gasteiger partial charge in [-0.15, -0.1) is 0 Å². The van der Waals surface area contributed by atoms with Crippen molar-refractivity contribution in [3.05, 3.63) is 12.2 Å². The van der Waals surface area contributed by atoms with Crippen molar-refractivity contribution >= 4 is 0 Å². The van der Waals surface area contributed by atoms with Crippen LogP contribution in [0, 0.1) is 0 Å². The molecule has 3 N–H and O–H groups in total. The van der Waals surface area contributed by atoms with Gasteiger partial charge in [0.15, 0.2) is 0 Å². The molecule has 0 aromatic rings. The quantitative estimate of drug-likeness (QED) is 0.353. The van der Waals surface area contributed by atoms with Gasteiger partial charge in [-0.05, 0) is 32.1 Å². The predicted molar refractivity (Wildman–Crippen MR) is 94.9 cm³/mol. The summed E-state index contributed by atoms with van der Waals surface area (Å²) in [5, 5.41) is 28.7. The van der Waals surface area contributed by atoms with Crippen LogP contribution in [0.3, 0.4) is 0 Å². The highest BCUT2D eigenvalue weighted by atomic mass is 16.6. The number of unbranched alkanes of at least 4 members (excludes halogenated alkanes) is 7. The van der Waals surface area contributed by atoms with Crippen LogP contribution in [-0.2, 0) is 9.47 Å². The van der Waals surface area contributed by atoms with Crippen LogP contribution in [0.5, 0.6) is 0 Å². The van der Waals surface area contributed by atoms with Gasteiger partial charge < -0.3 is 24.8 Å². The van der Waals surface area contributed by atoms with Crippen molar-refractivity contribution in [3.63, 3.8) is 0 Å². The molecular formula is C19H36O5. The summed E-state index contributed by atoms with van der Waals surface area (Å²) in [6, 6.07) is 0. The van der Waals surface area contributed by atoms with Gasteiger partial charge in [-0.3, -0.25) is 0 Å². The second-order valence-corrected chi connectivity index (χ2v) is 6.67. The summed E-state index contributed by atoms with van der Waals surface area (Å²) >= 11 is 0. The molecule has 0 amide bonds. The third-order valence-electron chi connectivity index (χ3n) is 4.44. The maximum Gasteiger partial charge on any atom is 0.111 e. The molecule has 5 heteroatoms. The Hall–Kier alpha value is -0.460. The normalized spacial score (nSPS) is 27.8. The summed E-state index contributed by atoms with van der Waals surface area (Å²) < 4.78 is 10.8. The van der Waals surface area contributed by atoms with E-state index in [0.717, 1.165) is 19.3 Å². The summed E-state index contributed by atoms with van der Waals surface area (Å²) in [5.74, 6) is 0. The van der Waals surface area contributed by atoms with Crippen molar-refractivity contribution in [2.75, 3.05) is 19.8 Å². The van der Waals surface area contributed by atoms with Crippen LogP contribution < -0.4 is 0 Å². The number of hydrogen-bond acceptors (Lipinski definition) is 5. The van der Waals surface area contributed by atoms with Crippen LogP contribution in [0.25, 0.3) is 0 Å². The van der Waals surface area contributed by atoms with Gasteiger partial charge in [-0.2, -0.15) is 0 Å². The molecule has 0 aliphatic carbocycles. The van der Waals surface area contributed by atoms with Crippen LogP contribution in [0.4, 0.5) is 0 Å². The van der Waals surface area contributed by atoms with E-state index >= 15 is 0 Å². The molecule has 1 aliphatic heterocycles. The van der Waals surface area contributed by atoms with Crippen LogP contribution in [-0.4, -0.2) is 59.6 Å². The Kier molecular flexibility index (Phi) is 12.4. The fourth-order valence-electron chi connectivity index (χ4n) is 2.78. The van der Waals surface area contributed by atoms with Gasteiger partial charge in [0, 0.05) is 6.61 Å². The maximum absolute atomic E-state index is 9.78. The van der Waals surface area contributed by atoms with Gasteiger partial charge in [-0.25, -0.2) is 0 Å². The van der Waals surface area contributed by atoms with Gasteiger partial charge in [0.2, 0.25) is 0 Å². The summed E-state index contributed by atoms with van der Waals surface area (Å²) in [4.78, 5) is 0. The third-order valence-corrected chi connectivity index (χ3v) is 4.44. The largest absolute Gasteiger partial charge is 0.388 e. The summed E-state index contributed by atoms with van der Waals surface area (Å²) in [6.07, 6.45) is 11.7. The molecule has 0 aromatic carbocycles. The molecule has 0 bridgehead atoms. The second-order valence-electron chi connectivity index (χ2n) is 6.67. The number of allylic oxidation sites excluding steroid dienone is 2. The van der Waals surface area contributed by atoms with E-state index < -0.39 is 24.4 Å². The number of aliphatic hydroxyl groups excluding tert-OH is 3. The Balaban J connectivity index is 1.89. The van der Waals surface area contributed by atoms with Crippen molar-refractivity contribution in [1.82, 2.24) is 0 Å². The molecule has 0 aromatic heterocycles. The van der Waals surface area contributed by atoms with Crippen LogP contribution >= 0.6 is 0 Å². The van der Waals surface area contributed by atoms with Gasteiger partial charge in [0.25, 0.3) is 0 Å². The van der Waals surface area contributed by atoms with Gasteiger partial charge in [0.1, 0.15) is 24.4 Å². The van der Waals surface area contributed by atoms with E-state index in [2.05, 4.69) is 19.1 Å². The lowest BCUT2D eigenvalue weighted by Gasteiger charge is -2.35. The average Bonchev–Trinajstić information content (AvgIpc) is 2.58. The van der Waals surface area contributed by atoms with Gasteiger partial charge in [-0.1, -0.05) is 44.8 Å². The van der Waals surface area contributed by atoms with E-state index in [1.807, 2.05) is 0 Å². The first-order valence-corrected chi connectivity index (χ1v) is 9.55. The highest BCUT2D eigenvalue weighted by molar-refractivity contribution is 4.86. The number of hydrogen-bond donors (Lipinski definition) is 3. The first-order valence-electron chi connectivity index (χ1n) is 9.55. The van der Waals surface area contributed by atoms with Gasteiger partial charge in [0.05, 0.1) is 13.2 Å². The molecule has 0 unspecified atom stereocenters. The standard InChI is InChI=1S/C19H36O5/c1-2-3-4-5-6-7-8-9-10-11-12-13-23-15-17-19(22)18(21)16(20)14-24-17/h7-8,16-22H,2-6,9-15H2,1H3/b8-7+/t16-,17+,18+,19+/m0/s1. The lowest BCUT2D eigenvalue weighted by molar-refractivity contribution is -0.199. The minimum Gasteiger partial charge on any atom is -0.388 e. The topological polar surface area (TPSA) is 79.2 Å². The van der Waals surface area contributed by atoms with Crippen molar-refractivity contribution in [3.8, 4) is 0 Å². The molecule has 0 spiro atoms. The average molecular weight is 344 g/mol. The van der Waals surface area contributed by atoms with Crippen molar-refractivity contribution in [2.24, 2.45) is 0 Å². The van der Waals surface area contributed by atoms with E-state index in [0.29, 0.717) is 6.61 Å².